The van der Waals surface area contributed by atoms with Crippen molar-refractivity contribution in [3.63, 3.8) is 0 Å². The molecule has 6 heteroatoms. The maximum Gasteiger partial charge on any atom is 0.433 e. The van der Waals surface area contributed by atoms with E-state index >= 15 is 0 Å². The van der Waals surface area contributed by atoms with Crippen LogP contribution in [0.2, 0.25) is 0 Å². The molecule has 2 nitrogen and oxygen atoms in total. The van der Waals surface area contributed by atoms with Gasteiger partial charge in [0.2, 0.25) is 0 Å². The molecule has 2 aromatic rings. The van der Waals surface area contributed by atoms with Crippen molar-refractivity contribution in [1.29, 1.82) is 0 Å². The molecule has 0 spiro atoms. The summed E-state index contributed by atoms with van der Waals surface area (Å²) < 4.78 is 38.0. The zero-order valence-electron chi connectivity index (χ0n) is 11.0. The van der Waals surface area contributed by atoms with Crippen LogP contribution >= 0.6 is 11.8 Å². The van der Waals surface area contributed by atoms with Gasteiger partial charge in [-0.3, -0.25) is 5.10 Å². The fourth-order valence-electron chi connectivity index (χ4n) is 1.94. The van der Waals surface area contributed by atoms with E-state index < -0.39 is 11.9 Å². The lowest BCUT2D eigenvalue weighted by Crippen LogP contribution is -2.09. The van der Waals surface area contributed by atoms with Crippen LogP contribution in [0.4, 0.5) is 13.2 Å². The van der Waals surface area contributed by atoms with E-state index in [1.54, 1.807) is 11.8 Å². The van der Waals surface area contributed by atoms with E-state index in [9.17, 15) is 13.2 Å². The van der Waals surface area contributed by atoms with Crippen molar-refractivity contribution in [3.8, 4) is 0 Å². The van der Waals surface area contributed by atoms with Gasteiger partial charge in [0.25, 0.3) is 0 Å². The smallest absolute Gasteiger partial charge is 0.273 e. The number of rotatable bonds is 5. The first kappa shape index (κ1) is 15.0. The molecule has 20 heavy (non-hydrogen) atoms. The van der Waals surface area contributed by atoms with Crippen molar-refractivity contribution < 1.29 is 13.2 Å². The number of hydrogen-bond acceptors (Lipinski definition) is 2. The molecule has 0 aliphatic rings. The third kappa shape index (κ3) is 3.79. The lowest BCUT2D eigenvalue weighted by Gasteiger charge is -2.07. The van der Waals surface area contributed by atoms with E-state index in [-0.39, 0.29) is 5.56 Å². The van der Waals surface area contributed by atoms with Gasteiger partial charge in [-0.2, -0.15) is 18.3 Å². The Morgan fingerprint density at radius 1 is 1.15 bits per heavy atom. The van der Waals surface area contributed by atoms with E-state index in [0.29, 0.717) is 12.8 Å². The summed E-state index contributed by atoms with van der Waals surface area (Å²) in [5.74, 6) is 1.00. The molecule has 0 aliphatic heterocycles. The SMILES string of the molecule is CCSc1ccc(CCc2cn[nH]c2C(F)(F)F)cc1. The van der Waals surface area contributed by atoms with Crippen molar-refractivity contribution in [2.24, 2.45) is 0 Å². The van der Waals surface area contributed by atoms with Gasteiger partial charge in [0.05, 0.1) is 6.20 Å². The van der Waals surface area contributed by atoms with Gasteiger partial charge in [-0.15, -0.1) is 11.8 Å². The largest absolute Gasteiger partial charge is 0.433 e. The van der Waals surface area contributed by atoms with Crippen molar-refractivity contribution in [2.45, 2.75) is 30.8 Å². The molecule has 0 bridgehead atoms. The molecule has 0 radical (unpaired) electrons. The number of nitrogens with zero attached hydrogens (tertiary/aromatic N) is 1. The average molecular weight is 300 g/mol. The Kier molecular flexibility index (Phi) is 4.75. The highest BCUT2D eigenvalue weighted by Gasteiger charge is 2.35. The molecule has 1 N–H and O–H groups in total. The van der Waals surface area contributed by atoms with E-state index in [0.717, 1.165) is 11.3 Å². The van der Waals surface area contributed by atoms with Gasteiger partial charge in [0.15, 0.2) is 0 Å². The number of H-pyrrole nitrogens is 1. The van der Waals surface area contributed by atoms with Gasteiger partial charge in [-0.1, -0.05) is 19.1 Å². The molecular formula is C14H15F3N2S. The van der Waals surface area contributed by atoms with Gasteiger partial charge < -0.3 is 0 Å². The molecular weight excluding hydrogens is 285 g/mol. The molecule has 1 aromatic heterocycles. The number of benzene rings is 1. The molecule has 0 atom stereocenters. The summed E-state index contributed by atoms with van der Waals surface area (Å²) in [7, 11) is 0. The highest BCUT2D eigenvalue weighted by atomic mass is 32.2. The lowest BCUT2D eigenvalue weighted by atomic mass is 10.0. The van der Waals surface area contributed by atoms with Gasteiger partial charge in [0.1, 0.15) is 5.69 Å². The molecule has 0 amide bonds. The number of alkyl halides is 3. The minimum Gasteiger partial charge on any atom is -0.273 e. The Morgan fingerprint density at radius 2 is 1.85 bits per heavy atom. The number of aromatic nitrogens is 2. The number of nitrogens with one attached hydrogen (secondary N) is 1. The second-order valence-corrected chi connectivity index (χ2v) is 5.68. The summed E-state index contributed by atoms with van der Waals surface area (Å²) in [6.45, 7) is 2.08. The first-order chi connectivity index (χ1) is 9.50. The monoisotopic (exact) mass is 300 g/mol. The maximum atomic E-state index is 12.7. The van der Waals surface area contributed by atoms with Crippen LogP contribution in [-0.2, 0) is 19.0 Å². The first-order valence-corrected chi connectivity index (χ1v) is 7.30. The summed E-state index contributed by atoms with van der Waals surface area (Å²) in [6, 6.07) is 7.93. The summed E-state index contributed by atoms with van der Waals surface area (Å²) >= 11 is 1.74. The van der Waals surface area contributed by atoms with Crippen molar-refractivity contribution in [3.05, 3.63) is 47.3 Å². The molecule has 0 saturated carbocycles. The van der Waals surface area contributed by atoms with E-state index in [1.807, 2.05) is 29.4 Å². The third-order valence-corrected chi connectivity index (χ3v) is 3.81. The predicted molar refractivity (Wildman–Crippen MR) is 73.8 cm³/mol. The molecule has 0 saturated heterocycles. The van der Waals surface area contributed by atoms with Crippen LogP contribution in [0.15, 0.2) is 35.4 Å². The van der Waals surface area contributed by atoms with Crippen LogP contribution < -0.4 is 0 Å². The highest BCUT2D eigenvalue weighted by molar-refractivity contribution is 7.99. The van der Waals surface area contributed by atoms with Gasteiger partial charge in [0, 0.05) is 10.5 Å². The van der Waals surface area contributed by atoms with Crippen LogP contribution in [0, 0.1) is 0 Å². The summed E-state index contributed by atoms with van der Waals surface area (Å²) in [5.41, 5.74) is 0.500. The minimum atomic E-state index is -4.37. The number of halogens is 3. The van der Waals surface area contributed by atoms with Crippen molar-refractivity contribution in [1.82, 2.24) is 10.2 Å². The van der Waals surface area contributed by atoms with Crippen LogP contribution in [-0.4, -0.2) is 16.0 Å². The van der Waals surface area contributed by atoms with Crippen LogP contribution in [0.1, 0.15) is 23.7 Å². The second-order valence-electron chi connectivity index (χ2n) is 4.34. The van der Waals surface area contributed by atoms with E-state index in [1.165, 1.54) is 11.1 Å². The quantitative estimate of drug-likeness (QED) is 0.833. The van der Waals surface area contributed by atoms with E-state index in [4.69, 9.17) is 0 Å². The zero-order chi connectivity index (χ0) is 14.6. The number of aryl methyl sites for hydroxylation is 2. The minimum absolute atomic E-state index is 0.213. The molecule has 1 aromatic carbocycles. The Hall–Kier alpha value is -1.43. The fraction of sp³-hybridized carbons (Fsp3) is 0.357. The Morgan fingerprint density at radius 3 is 2.45 bits per heavy atom. The summed E-state index contributed by atoms with van der Waals surface area (Å²) in [4.78, 5) is 1.18. The number of thioether (sulfide) groups is 1. The molecule has 0 unspecified atom stereocenters. The molecule has 108 valence electrons. The molecule has 1 heterocycles. The lowest BCUT2D eigenvalue weighted by molar-refractivity contribution is -0.141. The second kappa shape index (κ2) is 6.35. The van der Waals surface area contributed by atoms with Gasteiger partial charge in [-0.25, -0.2) is 0 Å². The molecule has 0 fully saturated rings. The maximum absolute atomic E-state index is 12.7. The van der Waals surface area contributed by atoms with Crippen molar-refractivity contribution >= 4 is 11.8 Å². The van der Waals surface area contributed by atoms with Crippen LogP contribution in [0.3, 0.4) is 0 Å². The molecule has 0 aliphatic carbocycles. The van der Waals surface area contributed by atoms with Gasteiger partial charge >= 0.3 is 6.18 Å². The van der Waals surface area contributed by atoms with Crippen LogP contribution in [0.25, 0.3) is 0 Å². The fourth-order valence-corrected chi connectivity index (χ4v) is 2.61. The Balaban J connectivity index is 2.00. The number of hydrogen-bond donors (Lipinski definition) is 1. The van der Waals surface area contributed by atoms with Gasteiger partial charge in [-0.05, 0) is 36.3 Å². The zero-order valence-corrected chi connectivity index (χ0v) is 11.8. The van der Waals surface area contributed by atoms with Crippen molar-refractivity contribution in [2.75, 3.05) is 5.75 Å². The Bertz CT molecular complexity index is 546. The van der Waals surface area contributed by atoms with Crippen LogP contribution in [0.5, 0.6) is 0 Å². The number of aromatic amines is 1. The molecule has 2 rings (SSSR count). The highest BCUT2D eigenvalue weighted by Crippen LogP contribution is 2.30. The predicted octanol–water partition coefficient (Wildman–Crippen LogP) is 4.33. The standard InChI is InChI=1S/C14H15F3N2S/c1-2-20-12-7-4-10(5-8-12)3-6-11-9-18-19-13(11)14(15,16)17/h4-5,7-9H,2-3,6H2,1H3,(H,18,19). The first-order valence-electron chi connectivity index (χ1n) is 6.32. The van der Waals surface area contributed by atoms with E-state index in [2.05, 4.69) is 12.0 Å². The summed E-state index contributed by atoms with van der Waals surface area (Å²) in [6.07, 6.45) is -2.22. The summed E-state index contributed by atoms with van der Waals surface area (Å²) in [5, 5.41) is 5.52. The third-order valence-electron chi connectivity index (χ3n) is 2.92. The normalized spacial score (nSPS) is 11.8. The topological polar surface area (TPSA) is 28.7 Å². The average Bonchev–Trinajstić information content (AvgIpc) is 2.87. The Labute approximate surface area is 119 Å².